The van der Waals surface area contributed by atoms with E-state index < -0.39 is 19.9 Å². The summed E-state index contributed by atoms with van der Waals surface area (Å²) < 4.78 is 51.1. The first-order valence-electron chi connectivity index (χ1n) is 4.32. The summed E-state index contributed by atoms with van der Waals surface area (Å²) in [6, 6.07) is 5.96. The Labute approximate surface area is 90.4 Å². The zero-order valence-electron chi connectivity index (χ0n) is 8.32. The van der Waals surface area contributed by atoms with Gasteiger partial charge < -0.3 is 9.42 Å². The third kappa shape index (κ3) is 4.24. The highest BCUT2D eigenvalue weighted by atomic mass is 31.2. The lowest BCUT2D eigenvalue weighted by Crippen LogP contribution is -2.22. The van der Waals surface area contributed by atoms with Crippen LogP contribution in [-0.4, -0.2) is 12.3 Å². The summed E-state index contributed by atoms with van der Waals surface area (Å²) in [6.45, 7) is 1.54. The molecule has 1 atom stereocenters. The molecule has 0 aliphatic heterocycles. The van der Waals surface area contributed by atoms with Gasteiger partial charge in [0.15, 0.2) is 7.60 Å². The smallest absolute Gasteiger partial charge is 0.397 e. The SMILES string of the molecule is Cc1ccccc1OP(=O)([O-])CC(F)(F)F. The van der Waals surface area contributed by atoms with Crippen LogP contribution in [0.3, 0.4) is 0 Å². The van der Waals surface area contributed by atoms with E-state index >= 15 is 0 Å². The lowest BCUT2D eigenvalue weighted by molar-refractivity contribution is -0.201. The Hall–Kier alpha value is -1.00. The van der Waals surface area contributed by atoms with Crippen molar-refractivity contribution in [2.24, 2.45) is 0 Å². The lowest BCUT2D eigenvalue weighted by atomic mass is 10.2. The van der Waals surface area contributed by atoms with Gasteiger partial charge in [-0.2, -0.15) is 13.2 Å². The van der Waals surface area contributed by atoms with E-state index in [-0.39, 0.29) is 5.75 Å². The Balaban J connectivity index is 2.81. The van der Waals surface area contributed by atoms with Crippen molar-refractivity contribution < 1.29 is 27.2 Å². The van der Waals surface area contributed by atoms with Crippen LogP contribution < -0.4 is 9.42 Å². The molecule has 1 aromatic rings. The average Bonchev–Trinajstić information content (AvgIpc) is 2.04. The number of alkyl halides is 3. The van der Waals surface area contributed by atoms with Gasteiger partial charge in [0, 0.05) is 0 Å². The van der Waals surface area contributed by atoms with Crippen LogP contribution in [0.1, 0.15) is 5.56 Å². The van der Waals surface area contributed by atoms with Crippen LogP contribution in [0, 0.1) is 6.92 Å². The summed E-state index contributed by atoms with van der Waals surface area (Å²) in [5.41, 5.74) is 0.459. The second-order valence-electron chi connectivity index (χ2n) is 3.24. The summed E-state index contributed by atoms with van der Waals surface area (Å²) in [6.07, 6.45) is -6.76. The highest BCUT2D eigenvalue weighted by molar-refractivity contribution is 7.51. The van der Waals surface area contributed by atoms with Crippen LogP contribution >= 0.6 is 7.60 Å². The predicted octanol–water partition coefficient (Wildman–Crippen LogP) is 2.49. The second-order valence-corrected chi connectivity index (χ2v) is 4.96. The van der Waals surface area contributed by atoms with E-state index in [2.05, 4.69) is 4.52 Å². The number of hydrogen-bond donors (Lipinski definition) is 0. The summed E-state index contributed by atoms with van der Waals surface area (Å²) >= 11 is 0. The zero-order valence-corrected chi connectivity index (χ0v) is 9.22. The molecular weight excluding hydrogens is 244 g/mol. The normalized spacial score (nSPS) is 15.6. The van der Waals surface area contributed by atoms with Crippen molar-refractivity contribution >= 4 is 7.60 Å². The fraction of sp³-hybridized carbons (Fsp3) is 0.333. The molecule has 3 nitrogen and oxygen atoms in total. The largest absolute Gasteiger partial charge is 0.769 e. The van der Waals surface area contributed by atoms with Crippen molar-refractivity contribution in [1.82, 2.24) is 0 Å². The molecule has 0 fully saturated rings. The first-order valence-corrected chi connectivity index (χ1v) is 6.04. The maximum absolute atomic E-state index is 11.9. The molecule has 0 saturated heterocycles. The Morgan fingerprint density at radius 2 is 1.94 bits per heavy atom. The van der Waals surface area contributed by atoms with Crippen LogP contribution in [0.2, 0.25) is 0 Å². The van der Waals surface area contributed by atoms with Gasteiger partial charge in [-0.1, -0.05) is 18.2 Å². The third-order valence-electron chi connectivity index (χ3n) is 1.70. The van der Waals surface area contributed by atoms with Crippen molar-refractivity contribution in [3.8, 4) is 5.75 Å². The monoisotopic (exact) mass is 253 g/mol. The average molecular weight is 253 g/mol. The minimum atomic E-state index is -4.94. The van der Waals surface area contributed by atoms with Crippen LogP contribution in [0.15, 0.2) is 24.3 Å². The molecule has 16 heavy (non-hydrogen) atoms. The van der Waals surface area contributed by atoms with E-state index in [4.69, 9.17) is 0 Å². The topological polar surface area (TPSA) is 49.4 Å². The van der Waals surface area contributed by atoms with Crippen LogP contribution in [0.25, 0.3) is 0 Å². The molecule has 0 spiro atoms. The molecule has 0 heterocycles. The van der Waals surface area contributed by atoms with Gasteiger partial charge in [0.05, 0.1) is 0 Å². The second kappa shape index (κ2) is 4.47. The van der Waals surface area contributed by atoms with E-state index in [1.165, 1.54) is 12.1 Å². The first kappa shape index (κ1) is 13.1. The van der Waals surface area contributed by atoms with Gasteiger partial charge in [0.1, 0.15) is 11.9 Å². The zero-order chi connectivity index (χ0) is 12.4. The summed E-state index contributed by atoms with van der Waals surface area (Å²) in [5.74, 6) is -0.0786. The van der Waals surface area contributed by atoms with Gasteiger partial charge in [0.2, 0.25) is 0 Å². The maximum Gasteiger partial charge on any atom is 0.397 e. The number of halogens is 3. The number of para-hydroxylation sites is 1. The molecule has 0 aliphatic rings. The van der Waals surface area contributed by atoms with E-state index in [1.54, 1.807) is 19.1 Å². The summed E-state index contributed by atoms with van der Waals surface area (Å²) in [5, 5.41) is 0. The Morgan fingerprint density at radius 3 is 2.44 bits per heavy atom. The first-order chi connectivity index (χ1) is 7.20. The van der Waals surface area contributed by atoms with Crippen LogP contribution in [0.5, 0.6) is 5.75 Å². The lowest BCUT2D eigenvalue weighted by Gasteiger charge is -2.25. The highest BCUT2D eigenvalue weighted by Gasteiger charge is 2.34. The Kier molecular flexibility index (Phi) is 3.65. The summed E-state index contributed by atoms with van der Waals surface area (Å²) in [7, 11) is -4.94. The number of hydrogen-bond acceptors (Lipinski definition) is 3. The minimum absolute atomic E-state index is 0.0786. The van der Waals surface area contributed by atoms with Crippen LogP contribution in [-0.2, 0) is 4.57 Å². The van der Waals surface area contributed by atoms with Gasteiger partial charge in [-0.05, 0) is 18.6 Å². The van der Waals surface area contributed by atoms with E-state index in [9.17, 15) is 22.6 Å². The summed E-state index contributed by atoms with van der Waals surface area (Å²) in [4.78, 5) is 11.1. The number of benzene rings is 1. The van der Waals surface area contributed by atoms with Crippen molar-refractivity contribution in [3.05, 3.63) is 29.8 Å². The molecule has 0 amide bonds. The molecule has 0 N–H and O–H groups in total. The molecule has 1 rings (SSSR count). The molecule has 0 saturated carbocycles. The van der Waals surface area contributed by atoms with Crippen molar-refractivity contribution in [3.63, 3.8) is 0 Å². The number of aryl methyl sites for hydroxylation is 1. The van der Waals surface area contributed by atoms with Crippen molar-refractivity contribution in [2.45, 2.75) is 13.1 Å². The molecule has 0 radical (unpaired) electrons. The van der Waals surface area contributed by atoms with Gasteiger partial charge >= 0.3 is 6.18 Å². The molecule has 0 aromatic heterocycles. The fourth-order valence-corrected chi connectivity index (χ4v) is 2.07. The Bertz CT molecular complexity index is 417. The molecule has 1 unspecified atom stereocenters. The highest BCUT2D eigenvalue weighted by Crippen LogP contribution is 2.43. The van der Waals surface area contributed by atoms with Gasteiger partial charge in [0.25, 0.3) is 0 Å². The van der Waals surface area contributed by atoms with E-state index in [1.807, 2.05) is 0 Å². The standard InChI is InChI=1S/C9H10F3O3P/c1-7-4-2-3-5-8(7)15-16(13,14)6-9(10,11)12/h2-5H,6H2,1H3,(H,13,14)/p-1. The van der Waals surface area contributed by atoms with E-state index in [0.717, 1.165) is 0 Å². The quantitative estimate of drug-likeness (QED) is 0.777. The molecule has 1 aromatic carbocycles. The Morgan fingerprint density at radius 1 is 1.38 bits per heavy atom. The molecule has 0 aliphatic carbocycles. The van der Waals surface area contributed by atoms with Crippen LogP contribution in [0.4, 0.5) is 13.2 Å². The molecular formula is C9H9F3O3P-. The van der Waals surface area contributed by atoms with Crippen molar-refractivity contribution in [2.75, 3.05) is 6.16 Å². The minimum Gasteiger partial charge on any atom is -0.769 e. The third-order valence-corrected chi connectivity index (χ3v) is 2.92. The predicted molar refractivity (Wildman–Crippen MR) is 50.3 cm³/mol. The fourth-order valence-electron chi connectivity index (χ4n) is 1.06. The number of rotatable bonds is 3. The van der Waals surface area contributed by atoms with E-state index in [0.29, 0.717) is 5.56 Å². The van der Waals surface area contributed by atoms with Gasteiger partial charge in [-0.3, -0.25) is 4.57 Å². The van der Waals surface area contributed by atoms with Gasteiger partial charge in [-0.25, -0.2) is 0 Å². The molecule has 90 valence electrons. The van der Waals surface area contributed by atoms with Crippen molar-refractivity contribution in [1.29, 1.82) is 0 Å². The van der Waals surface area contributed by atoms with Gasteiger partial charge in [-0.15, -0.1) is 0 Å². The maximum atomic E-state index is 11.9. The molecule has 0 bridgehead atoms. The molecule has 7 heteroatoms.